The molecule has 0 spiro atoms. The summed E-state index contributed by atoms with van der Waals surface area (Å²) >= 11 is 0. The maximum atomic E-state index is 12.8. The van der Waals surface area contributed by atoms with Gasteiger partial charge in [0.05, 0.1) is 11.0 Å². The van der Waals surface area contributed by atoms with E-state index in [1.54, 1.807) is 12.1 Å². The molecule has 5 nitrogen and oxygen atoms in total. The van der Waals surface area contributed by atoms with Gasteiger partial charge in [-0.1, -0.05) is 12.1 Å². The van der Waals surface area contributed by atoms with Crippen molar-refractivity contribution in [3.8, 4) is 0 Å². The van der Waals surface area contributed by atoms with Gasteiger partial charge in [0.2, 0.25) is 0 Å². The van der Waals surface area contributed by atoms with Crippen molar-refractivity contribution < 1.29 is 14.4 Å². The molecule has 0 radical (unpaired) electrons. The zero-order chi connectivity index (χ0) is 14.5. The largest absolute Gasteiger partial charge is 0.387 e. The molecule has 1 unspecified atom stereocenters. The third-order valence-electron chi connectivity index (χ3n) is 2.83. The number of anilines is 1. The Hall–Kier alpha value is -2.47. The maximum absolute atomic E-state index is 12.8. The Kier molecular flexibility index (Phi) is 4.27. The summed E-state index contributed by atoms with van der Waals surface area (Å²) in [5.41, 5.74) is 1.27. The van der Waals surface area contributed by atoms with E-state index in [1.165, 1.54) is 36.4 Å². The van der Waals surface area contributed by atoms with Crippen LogP contribution in [0.3, 0.4) is 0 Å². The number of non-ortho nitro benzene ring substituents is 1. The van der Waals surface area contributed by atoms with Gasteiger partial charge < -0.3 is 10.4 Å². The molecule has 2 N–H and O–H groups in total. The molecule has 0 heterocycles. The average Bonchev–Trinajstić information content (AvgIpc) is 2.46. The maximum Gasteiger partial charge on any atom is 0.269 e. The van der Waals surface area contributed by atoms with Crippen LogP contribution in [0, 0.1) is 15.9 Å². The summed E-state index contributed by atoms with van der Waals surface area (Å²) in [7, 11) is 0. The van der Waals surface area contributed by atoms with Gasteiger partial charge in [0.15, 0.2) is 0 Å². The molecular weight excluding hydrogens is 263 g/mol. The summed E-state index contributed by atoms with van der Waals surface area (Å²) in [5, 5.41) is 23.4. The summed E-state index contributed by atoms with van der Waals surface area (Å²) < 4.78 is 12.8. The van der Waals surface area contributed by atoms with Gasteiger partial charge in [-0.25, -0.2) is 4.39 Å². The number of benzene rings is 2. The quantitative estimate of drug-likeness (QED) is 0.650. The first-order chi connectivity index (χ1) is 9.56. The molecule has 0 aliphatic carbocycles. The van der Waals surface area contributed by atoms with E-state index < -0.39 is 11.0 Å². The lowest BCUT2D eigenvalue weighted by Crippen LogP contribution is -2.12. The van der Waals surface area contributed by atoms with Crippen LogP contribution in [0.5, 0.6) is 0 Å². The summed E-state index contributed by atoms with van der Waals surface area (Å²) in [6.07, 6.45) is -0.786. The van der Waals surface area contributed by atoms with Crippen LogP contribution in [0.15, 0.2) is 48.5 Å². The number of nitrogens with one attached hydrogen (secondary N) is 1. The number of nitro groups is 1. The molecule has 2 aromatic rings. The predicted molar refractivity (Wildman–Crippen MR) is 72.9 cm³/mol. The minimum Gasteiger partial charge on any atom is -0.387 e. The number of nitro benzene ring substituents is 1. The van der Waals surface area contributed by atoms with Gasteiger partial charge >= 0.3 is 0 Å². The molecule has 0 fully saturated rings. The van der Waals surface area contributed by atoms with Crippen molar-refractivity contribution in [3.63, 3.8) is 0 Å². The molecule has 6 heteroatoms. The van der Waals surface area contributed by atoms with Crippen molar-refractivity contribution in [3.05, 3.63) is 70.0 Å². The van der Waals surface area contributed by atoms with Gasteiger partial charge in [-0.3, -0.25) is 10.1 Å². The Bertz CT molecular complexity index is 584. The lowest BCUT2D eigenvalue weighted by molar-refractivity contribution is -0.384. The molecule has 1 atom stereocenters. The Morgan fingerprint density at radius 1 is 1.15 bits per heavy atom. The van der Waals surface area contributed by atoms with Crippen molar-refractivity contribution in [1.82, 2.24) is 0 Å². The molecule has 0 saturated carbocycles. The Morgan fingerprint density at radius 2 is 1.75 bits per heavy atom. The van der Waals surface area contributed by atoms with Crippen LogP contribution < -0.4 is 5.32 Å². The second-order valence-corrected chi connectivity index (χ2v) is 4.25. The number of hydrogen-bond acceptors (Lipinski definition) is 4. The normalized spacial score (nSPS) is 11.9. The summed E-state index contributed by atoms with van der Waals surface area (Å²) in [6, 6.07) is 11.5. The van der Waals surface area contributed by atoms with E-state index in [1.807, 2.05) is 0 Å². The van der Waals surface area contributed by atoms with E-state index in [0.29, 0.717) is 11.3 Å². The zero-order valence-electron chi connectivity index (χ0n) is 10.5. The van der Waals surface area contributed by atoms with Gasteiger partial charge in [-0.15, -0.1) is 0 Å². The van der Waals surface area contributed by atoms with Crippen LogP contribution in [-0.4, -0.2) is 16.6 Å². The summed E-state index contributed by atoms with van der Waals surface area (Å²) in [5.74, 6) is -0.357. The first-order valence-corrected chi connectivity index (χ1v) is 5.98. The average molecular weight is 276 g/mol. The minimum atomic E-state index is -0.786. The standard InChI is InChI=1S/C14H13FN2O3/c15-11-3-1-10(2-4-11)14(18)9-16-12-5-7-13(8-6-12)17(19)20/h1-8,14,16,18H,9H2. The number of rotatable bonds is 5. The smallest absolute Gasteiger partial charge is 0.269 e. The molecule has 0 aliphatic rings. The lowest BCUT2D eigenvalue weighted by atomic mass is 10.1. The Balaban J connectivity index is 1.94. The molecule has 2 aromatic carbocycles. The lowest BCUT2D eigenvalue weighted by Gasteiger charge is -2.13. The Morgan fingerprint density at radius 3 is 2.30 bits per heavy atom. The summed E-state index contributed by atoms with van der Waals surface area (Å²) in [6.45, 7) is 0.226. The fraction of sp³-hybridized carbons (Fsp3) is 0.143. The highest BCUT2D eigenvalue weighted by molar-refractivity contribution is 5.48. The van der Waals surface area contributed by atoms with Gasteiger partial charge in [0, 0.05) is 24.4 Å². The fourth-order valence-corrected chi connectivity index (χ4v) is 1.72. The number of nitrogens with zero attached hydrogens (tertiary/aromatic N) is 1. The molecule has 0 aromatic heterocycles. The molecule has 20 heavy (non-hydrogen) atoms. The highest BCUT2D eigenvalue weighted by Gasteiger charge is 2.08. The number of halogens is 1. The first kappa shape index (κ1) is 14.0. The predicted octanol–water partition coefficient (Wildman–Crippen LogP) is 2.88. The zero-order valence-corrected chi connectivity index (χ0v) is 10.5. The van der Waals surface area contributed by atoms with Crippen LogP contribution >= 0.6 is 0 Å². The second kappa shape index (κ2) is 6.12. The van der Waals surface area contributed by atoms with Gasteiger partial charge in [0.1, 0.15) is 5.82 Å². The van der Waals surface area contributed by atoms with Crippen molar-refractivity contribution >= 4 is 11.4 Å². The van der Waals surface area contributed by atoms with Crippen molar-refractivity contribution in [1.29, 1.82) is 0 Å². The highest BCUT2D eigenvalue weighted by atomic mass is 19.1. The van der Waals surface area contributed by atoms with E-state index in [-0.39, 0.29) is 18.0 Å². The van der Waals surface area contributed by atoms with Gasteiger partial charge in [-0.05, 0) is 29.8 Å². The topological polar surface area (TPSA) is 75.4 Å². The molecule has 2 rings (SSSR count). The van der Waals surface area contributed by atoms with E-state index >= 15 is 0 Å². The van der Waals surface area contributed by atoms with E-state index in [9.17, 15) is 19.6 Å². The molecule has 104 valence electrons. The number of hydrogen-bond donors (Lipinski definition) is 2. The molecule has 0 saturated heterocycles. The van der Waals surface area contributed by atoms with Crippen LogP contribution in [0.2, 0.25) is 0 Å². The molecular formula is C14H13FN2O3. The van der Waals surface area contributed by atoms with Crippen LogP contribution in [-0.2, 0) is 0 Å². The van der Waals surface area contributed by atoms with Crippen LogP contribution in [0.1, 0.15) is 11.7 Å². The number of aliphatic hydroxyl groups is 1. The van der Waals surface area contributed by atoms with Crippen LogP contribution in [0.4, 0.5) is 15.8 Å². The van der Waals surface area contributed by atoms with Crippen molar-refractivity contribution in [2.24, 2.45) is 0 Å². The minimum absolute atomic E-state index is 0.00892. The molecule has 0 bridgehead atoms. The van der Waals surface area contributed by atoms with Crippen molar-refractivity contribution in [2.45, 2.75) is 6.10 Å². The SMILES string of the molecule is O=[N+]([O-])c1ccc(NCC(O)c2ccc(F)cc2)cc1. The molecule has 0 aliphatic heterocycles. The third-order valence-corrected chi connectivity index (χ3v) is 2.83. The number of aliphatic hydroxyl groups excluding tert-OH is 1. The van der Waals surface area contributed by atoms with E-state index in [0.717, 1.165) is 0 Å². The van der Waals surface area contributed by atoms with E-state index in [4.69, 9.17) is 0 Å². The van der Waals surface area contributed by atoms with E-state index in [2.05, 4.69) is 5.32 Å². The Labute approximate surface area is 114 Å². The highest BCUT2D eigenvalue weighted by Crippen LogP contribution is 2.18. The van der Waals surface area contributed by atoms with Gasteiger partial charge in [0.25, 0.3) is 5.69 Å². The third kappa shape index (κ3) is 3.52. The van der Waals surface area contributed by atoms with Gasteiger partial charge in [-0.2, -0.15) is 0 Å². The first-order valence-electron chi connectivity index (χ1n) is 5.98. The fourth-order valence-electron chi connectivity index (χ4n) is 1.72. The monoisotopic (exact) mass is 276 g/mol. The second-order valence-electron chi connectivity index (χ2n) is 4.25. The van der Waals surface area contributed by atoms with Crippen LogP contribution in [0.25, 0.3) is 0 Å². The van der Waals surface area contributed by atoms with Crippen molar-refractivity contribution in [2.75, 3.05) is 11.9 Å². The molecule has 0 amide bonds. The summed E-state index contributed by atoms with van der Waals surface area (Å²) in [4.78, 5) is 10.0.